The first-order chi connectivity index (χ1) is 23.5. The molecule has 1 saturated heterocycles. The molecule has 0 aromatic heterocycles. The van der Waals surface area contributed by atoms with Gasteiger partial charge >= 0.3 is 0 Å². The second kappa shape index (κ2) is 45.7. The van der Waals surface area contributed by atoms with Gasteiger partial charge in [-0.3, -0.25) is 4.79 Å². The number of unbranched alkanes of at least 4 members (excludes halogenated alkanes) is 24. The zero-order chi connectivity index (χ0) is 36.4. The van der Waals surface area contributed by atoms with Gasteiger partial charge in [0.2, 0.25) is 5.91 Å². The van der Waals surface area contributed by atoms with Crippen molar-refractivity contribution in [2.75, 3.05) is 47.4 Å². The molecule has 1 atom stereocenters. The number of hydrogen-bond acceptors (Lipinski definition) is 5. The Morgan fingerprint density at radius 2 is 0.938 bits per heavy atom. The van der Waals surface area contributed by atoms with Gasteiger partial charge < -0.3 is 24.1 Å². The number of likely N-dealkylation sites (N-methyl/N-ethyl adjacent to an activating group) is 1. The average Bonchev–Trinajstić information content (AvgIpc) is 3.30. The normalized spacial score (nSPS) is 14.4. The summed E-state index contributed by atoms with van der Waals surface area (Å²) in [6, 6.07) is 0. The minimum atomic E-state index is -0.0342. The van der Waals surface area contributed by atoms with E-state index in [4.69, 9.17) is 0 Å². The van der Waals surface area contributed by atoms with E-state index in [9.17, 15) is 14.4 Å². The van der Waals surface area contributed by atoms with Gasteiger partial charge in [0.15, 0.2) is 0 Å². The van der Waals surface area contributed by atoms with Gasteiger partial charge in [0, 0.05) is 59.2 Å². The predicted molar refractivity (Wildman–Crippen MR) is 210 cm³/mol. The number of hydrogen-bond donors (Lipinski definition) is 0. The fourth-order valence-electron chi connectivity index (χ4n) is 6.05. The van der Waals surface area contributed by atoms with E-state index >= 15 is 0 Å². The summed E-state index contributed by atoms with van der Waals surface area (Å²) in [5.41, 5.74) is 0. The fraction of sp³-hybridized carbons (Fsp3) is 0.929. The molecule has 0 spiro atoms. The number of rotatable bonds is 28. The summed E-state index contributed by atoms with van der Waals surface area (Å²) >= 11 is 0. The molecule has 0 radical (unpaired) electrons. The van der Waals surface area contributed by atoms with E-state index < -0.39 is 0 Å². The van der Waals surface area contributed by atoms with E-state index in [0.717, 1.165) is 57.9 Å². The number of carbonyl (C=O) groups is 3. The Bertz CT molecular complexity index is 631. The lowest BCUT2D eigenvalue weighted by molar-refractivity contribution is -0.131. The molecule has 0 aromatic carbocycles. The minimum absolute atomic E-state index is 0.0342. The van der Waals surface area contributed by atoms with Gasteiger partial charge in [-0.15, -0.1) is 0 Å². The highest BCUT2D eigenvalue weighted by molar-refractivity contribution is 5.76. The molecule has 6 nitrogen and oxygen atoms in total. The first-order valence-corrected chi connectivity index (χ1v) is 20.8. The van der Waals surface area contributed by atoms with Crippen LogP contribution >= 0.6 is 0 Å². The molecule has 0 aliphatic carbocycles. The molecule has 1 amide bonds. The Morgan fingerprint density at radius 3 is 1.29 bits per heavy atom. The van der Waals surface area contributed by atoms with Crippen LogP contribution in [0.1, 0.15) is 201 Å². The molecule has 0 aromatic rings. The highest BCUT2D eigenvalue weighted by Crippen LogP contribution is 2.15. The van der Waals surface area contributed by atoms with Crippen LogP contribution < -0.4 is 0 Å². The number of nitrogens with zero attached hydrogens (tertiary/aromatic N) is 2. The van der Waals surface area contributed by atoms with E-state index in [1.165, 1.54) is 141 Å². The maximum atomic E-state index is 12.4. The first-order valence-electron chi connectivity index (χ1n) is 20.8. The van der Waals surface area contributed by atoms with Gasteiger partial charge in [-0.25, -0.2) is 0 Å². The highest BCUT2D eigenvalue weighted by Gasteiger charge is 2.23. The van der Waals surface area contributed by atoms with Gasteiger partial charge in [-0.1, -0.05) is 175 Å². The summed E-state index contributed by atoms with van der Waals surface area (Å²) in [6.07, 6.45) is 37.0. The zero-order valence-corrected chi connectivity index (χ0v) is 33.7. The van der Waals surface area contributed by atoms with Crippen molar-refractivity contribution in [2.45, 2.75) is 201 Å². The SMILES string of the molecule is CC.CCCCCCCCCCCCCCC=O.CCCCCCCCCCCCCCCC(=O)N1CCN(C)CC(C=O)C1.COC. The van der Waals surface area contributed by atoms with Gasteiger partial charge in [0.1, 0.15) is 12.6 Å². The molecule has 1 aliphatic heterocycles. The molecule has 1 heterocycles. The molecular formula is C42H86N2O4. The Morgan fingerprint density at radius 1 is 0.583 bits per heavy atom. The van der Waals surface area contributed by atoms with Gasteiger partial charge in [0.05, 0.1) is 0 Å². The van der Waals surface area contributed by atoms with Crippen molar-refractivity contribution in [3.05, 3.63) is 0 Å². The first kappa shape index (κ1) is 51.1. The van der Waals surface area contributed by atoms with Gasteiger partial charge in [-0.05, 0) is 19.9 Å². The van der Waals surface area contributed by atoms with Crippen molar-refractivity contribution in [2.24, 2.45) is 5.92 Å². The molecule has 1 unspecified atom stereocenters. The van der Waals surface area contributed by atoms with Crippen LogP contribution in [-0.4, -0.2) is 75.7 Å². The Kier molecular flexibility index (Phi) is 48.7. The van der Waals surface area contributed by atoms with Crippen LogP contribution in [0.2, 0.25) is 0 Å². The van der Waals surface area contributed by atoms with Crippen molar-refractivity contribution in [1.29, 1.82) is 0 Å². The Hall–Kier alpha value is -1.27. The van der Waals surface area contributed by atoms with Crippen molar-refractivity contribution in [3.8, 4) is 0 Å². The standard InChI is InChI=1S/C23H44N2O2.C15H30O.C2H6O.C2H6/c1-3-4-5-6-7-8-9-10-11-12-13-14-15-16-23(27)25-18-17-24(2)19-22(20-25)21-26;1-2-3-4-5-6-7-8-9-10-11-12-13-14-15-16;1-3-2;1-2/h21-22H,3-20H2,1-2H3;15H,2-14H2,1H3;1-2H3;1-2H3. The fourth-order valence-corrected chi connectivity index (χ4v) is 6.05. The largest absolute Gasteiger partial charge is 0.388 e. The molecule has 1 aliphatic rings. The van der Waals surface area contributed by atoms with E-state index in [-0.39, 0.29) is 11.8 Å². The van der Waals surface area contributed by atoms with Crippen LogP contribution in [0.3, 0.4) is 0 Å². The number of ether oxygens (including phenoxy) is 1. The van der Waals surface area contributed by atoms with Crippen LogP contribution in [0.4, 0.5) is 0 Å². The van der Waals surface area contributed by atoms with Crippen molar-refractivity contribution < 1.29 is 19.1 Å². The summed E-state index contributed by atoms with van der Waals surface area (Å²) < 4.78 is 4.25. The van der Waals surface area contributed by atoms with E-state index in [2.05, 4.69) is 23.5 Å². The number of amides is 1. The van der Waals surface area contributed by atoms with Crippen LogP contribution in [-0.2, 0) is 19.1 Å². The number of aldehydes is 2. The topological polar surface area (TPSA) is 66.9 Å². The number of methoxy groups -OCH3 is 1. The summed E-state index contributed by atoms with van der Waals surface area (Å²) in [5, 5.41) is 0. The molecular weight excluding hydrogens is 596 g/mol. The third-order valence-electron chi connectivity index (χ3n) is 8.97. The predicted octanol–water partition coefficient (Wildman–Crippen LogP) is 11.6. The van der Waals surface area contributed by atoms with E-state index in [0.29, 0.717) is 13.0 Å². The van der Waals surface area contributed by atoms with Crippen molar-refractivity contribution in [1.82, 2.24) is 9.80 Å². The van der Waals surface area contributed by atoms with E-state index in [1.807, 2.05) is 25.8 Å². The van der Waals surface area contributed by atoms with Crippen LogP contribution in [0.15, 0.2) is 0 Å². The lowest BCUT2D eigenvalue weighted by Gasteiger charge is -2.21. The maximum Gasteiger partial charge on any atom is 0.222 e. The lowest BCUT2D eigenvalue weighted by Crippen LogP contribution is -2.36. The second-order valence-electron chi connectivity index (χ2n) is 13.7. The van der Waals surface area contributed by atoms with Crippen LogP contribution in [0, 0.1) is 5.92 Å². The minimum Gasteiger partial charge on any atom is -0.388 e. The molecule has 0 bridgehead atoms. The smallest absolute Gasteiger partial charge is 0.222 e. The van der Waals surface area contributed by atoms with Crippen LogP contribution in [0.5, 0.6) is 0 Å². The third kappa shape index (κ3) is 40.9. The summed E-state index contributed by atoms with van der Waals surface area (Å²) in [4.78, 5) is 37.7. The zero-order valence-electron chi connectivity index (χ0n) is 33.7. The molecule has 288 valence electrons. The quantitative estimate of drug-likeness (QED) is 0.0607. The third-order valence-corrected chi connectivity index (χ3v) is 8.97. The maximum absolute atomic E-state index is 12.4. The number of carbonyl (C=O) groups excluding carboxylic acids is 3. The van der Waals surface area contributed by atoms with Crippen molar-refractivity contribution >= 4 is 18.5 Å². The molecule has 0 saturated carbocycles. The van der Waals surface area contributed by atoms with Crippen molar-refractivity contribution in [3.63, 3.8) is 0 Å². The molecule has 48 heavy (non-hydrogen) atoms. The molecule has 6 heteroatoms. The molecule has 1 rings (SSSR count). The monoisotopic (exact) mass is 683 g/mol. The Labute approximate surface area is 301 Å². The molecule has 1 fully saturated rings. The lowest BCUT2D eigenvalue weighted by atomic mass is 10.0. The average molecular weight is 683 g/mol. The van der Waals surface area contributed by atoms with Gasteiger partial charge in [0.25, 0.3) is 0 Å². The van der Waals surface area contributed by atoms with Crippen LogP contribution in [0.25, 0.3) is 0 Å². The summed E-state index contributed by atoms with van der Waals surface area (Å²) in [6.45, 7) is 11.5. The van der Waals surface area contributed by atoms with Gasteiger partial charge in [-0.2, -0.15) is 0 Å². The Balaban J connectivity index is -0.000000819. The molecule has 0 N–H and O–H groups in total. The summed E-state index contributed by atoms with van der Waals surface area (Å²) in [7, 11) is 5.27. The highest BCUT2D eigenvalue weighted by atomic mass is 16.4. The summed E-state index contributed by atoms with van der Waals surface area (Å²) in [5.74, 6) is 0.202. The van der Waals surface area contributed by atoms with E-state index in [1.54, 1.807) is 14.2 Å². The second-order valence-corrected chi connectivity index (χ2v) is 13.7.